The molecule has 4 rings (SSSR count). The highest BCUT2D eigenvalue weighted by atomic mass is 16.6. The summed E-state index contributed by atoms with van der Waals surface area (Å²) in [6.45, 7) is 5.89. The molecule has 0 bridgehead atoms. The largest absolute Gasteiger partial charge is 0.493 e. The van der Waals surface area contributed by atoms with Crippen molar-refractivity contribution < 1.29 is 14.2 Å². The molecule has 3 aliphatic heterocycles. The van der Waals surface area contributed by atoms with Gasteiger partial charge in [-0.1, -0.05) is 39.0 Å². The lowest BCUT2D eigenvalue weighted by Gasteiger charge is -2.42. The number of hydrogen-bond acceptors (Lipinski definition) is 5. The Labute approximate surface area is 176 Å². The van der Waals surface area contributed by atoms with E-state index in [1.807, 2.05) is 0 Å². The third-order valence-corrected chi connectivity index (χ3v) is 6.77. The normalized spacial score (nSPS) is 26.3. The fourth-order valence-corrected chi connectivity index (χ4v) is 5.38. The number of piperazine rings is 1. The molecule has 1 N–H and O–H groups in total. The van der Waals surface area contributed by atoms with E-state index in [0.29, 0.717) is 25.3 Å². The van der Waals surface area contributed by atoms with Crippen molar-refractivity contribution in [3.63, 3.8) is 0 Å². The zero-order valence-electron chi connectivity index (χ0n) is 18.3. The third-order valence-electron chi connectivity index (χ3n) is 6.77. The minimum absolute atomic E-state index is 0.484. The van der Waals surface area contributed by atoms with Crippen LogP contribution in [0.15, 0.2) is 12.1 Å². The van der Waals surface area contributed by atoms with Crippen molar-refractivity contribution in [2.45, 2.75) is 82.8 Å². The van der Waals surface area contributed by atoms with Crippen LogP contribution in [-0.4, -0.2) is 56.4 Å². The summed E-state index contributed by atoms with van der Waals surface area (Å²) in [7, 11) is 1.71. The number of methoxy groups -OCH3 is 1. The molecule has 3 atom stereocenters. The van der Waals surface area contributed by atoms with Crippen LogP contribution in [-0.2, 0) is 6.42 Å². The van der Waals surface area contributed by atoms with Gasteiger partial charge in [-0.15, -0.1) is 0 Å². The number of fused-ring (bicyclic) bond motifs is 2. The minimum atomic E-state index is 0.484. The first kappa shape index (κ1) is 20.8. The summed E-state index contributed by atoms with van der Waals surface area (Å²) in [5.41, 5.74) is 1.27. The Morgan fingerprint density at radius 2 is 2.00 bits per heavy atom. The lowest BCUT2D eigenvalue weighted by atomic mass is 9.92. The maximum Gasteiger partial charge on any atom is 0.203 e. The lowest BCUT2D eigenvalue weighted by Crippen LogP contribution is -2.60. The second-order valence-corrected chi connectivity index (χ2v) is 8.90. The average molecular weight is 403 g/mol. The second kappa shape index (κ2) is 10.0. The number of nitrogens with one attached hydrogen (secondary N) is 1. The molecule has 3 aliphatic rings. The molecule has 0 aliphatic carbocycles. The van der Waals surface area contributed by atoms with Gasteiger partial charge >= 0.3 is 0 Å². The van der Waals surface area contributed by atoms with Gasteiger partial charge in [0, 0.05) is 24.7 Å². The smallest absolute Gasteiger partial charge is 0.203 e. The standard InChI is InChI=1S/C24H38N2O3/c1-3-4-5-6-7-9-20-21-10-8-11-26(21)17-19(25-20)14-18-15-22(27-2)24-23(16-18)28-12-13-29-24/h15-16,19-21,25H,3-14,17H2,1-2H3/t19-,20?,21?/m0/s1. The number of benzene rings is 1. The Hall–Kier alpha value is -1.46. The maximum atomic E-state index is 5.84. The minimum Gasteiger partial charge on any atom is -0.493 e. The number of unbranched alkanes of at least 4 members (excludes halogenated alkanes) is 4. The van der Waals surface area contributed by atoms with Crippen LogP contribution in [0.25, 0.3) is 0 Å². The van der Waals surface area contributed by atoms with Gasteiger partial charge in [0.05, 0.1) is 7.11 Å². The Kier molecular flexibility index (Phi) is 7.20. The van der Waals surface area contributed by atoms with Gasteiger partial charge in [0.15, 0.2) is 11.5 Å². The van der Waals surface area contributed by atoms with Gasteiger partial charge in [0.25, 0.3) is 0 Å². The highest BCUT2D eigenvalue weighted by Crippen LogP contribution is 2.41. The molecular weight excluding hydrogens is 364 g/mol. The van der Waals surface area contributed by atoms with Gasteiger partial charge in [-0.3, -0.25) is 4.90 Å². The van der Waals surface area contributed by atoms with Gasteiger partial charge in [-0.25, -0.2) is 0 Å². The molecule has 2 saturated heterocycles. The quantitative estimate of drug-likeness (QED) is 0.628. The summed E-state index contributed by atoms with van der Waals surface area (Å²) < 4.78 is 17.2. The van der Waals surface area contributed by atoms with Crippen LogP contribution >= 0.6 is 0 Å². The first-order valence-electron chi connectivity index (χ1n) is 11.7. The molecule has 0 aromatic heterocycles. The molecule has 5 heteroatoms. The maximum absolute atomic E-state index is 5.84. The van der Waals surface area contributed by atoms with E-state index in [-0.39, 0.29) is 0 Å². The van der Waals surface area contributed by atoms with E-state index in [9.17, 15) is 0 Å². The van der Waals surface area contributed by atoms with Crippen molar-refractivity contribution in [2.75, 3.05) is 33.4 Å². The number of hydrogen-bond donors (Lipinski definition) is 1. The van der Waals surface area contributed by atoms with Gasteiger partial charge in [0.2, 0.25) is 5.75 Å². The van der Waals surface area contributed by atoms with Crippen LogP contribution in [0.2, 0.25) is 0 Å². The summed E-state index contributed by atoms with van der Waals surface area (Å²) >= 11 is 0. The van der Waals surface area contributed by atoms with Crippen molar-refractivity contribution in [3.05, 3.63) is 17.7 Å². The molecule has 0 amide bonds. The lowest BCUT2D eigenvalue weighted by molar-refractivity contribution is 0.119. The first-order chi connectivity index (χ1) is 14.3. The van der Waals surface area contributed by atoms with Crippen molar-refractivity contribution in [1.82, 2.24) is 10.2 Å². The van der Waals surface area contributed by atoms with Crippen molar-refractivity contribution in [2.24, 2.45) is 0 Å². The summed E-state index contributed by atoms with van der Waals surface area (Å²) in [6.07, 6.45) is 11.8. The molecule has 0 saturated carbocycles. The molecule has 0 spiro atoms. The van der Waals surface area contributed by atoms with E-state index in [1.165, 1.54) is 63.5 Å². The molecule has 0 radical (unpaired) electrons. The molecule has 5 nitrogen and oxygen atoms in total. The number of nitrogens with zero attached hydrogens (tertiary/aromatic N) is 1. The molecule has 1 aromatic rings. The third kappa shape index (κ3) is 5.00. The zero-order chi connectivity index (χ0) is 20.1. The molecule has 162 valence electrons. The summed E-state index contributed by atoms with van der Waals surface area (Å²) in [4.78, 5) is 2.74. The van der Waals surface area contributed by atoms with Crippen molar-refractivity contribution >= 4 is 0 Å². The molecular formula is C24H38N2O3. The van der Waals surface area contributed by atoms with E-state index in [2.05, 4.69) is 29.3 Å². The van der Waals surface area contributed by atoms with Crippen LogP contribution in [0.4, 0.5) is 0 Å². The van der Waals surface area contributed by atoms with Crippen LogP contribution in [0.3, 0.4) is 0 Å². The molecule has 1 aromatic carbocycles. The number of rotatable bonds is 9. The zero-order valence-corrected chi connectivity index (χ0v) is 18.3. The molecule has 3 heterocycles. The second-order valence-electron chi connectivity index (χ2n) is 8.90. The van der Waals surface area contributed by atoms with E-state index in [1.54, 1.807) is 7.11 Å². The van der Waals surface area contributed by atoms with Crippen LogP contribution in [0, 0.1) is 0 Å². The van der Waals surface area contributed by atoms with E-state index < -0.39 is 0 Å². The van der Waals surface area contributed by atoms with Crippen molar-refractivity contribution in [1.29, 1.82) is 0 Å². The number of ether oxygens (including phenoxy) is 3. The fraction of sp³-hybridized carbons (Fsp3) is 0.750. The van der Waals surface area contributed by atoms with E-state index >= 15 is 0 Å². The highest BCUT2D eigenvalue weighted by molar-refractivity contribution is 5.54. The van der Waals surface area contributed by atoms with Crippen molar-refractivity contribution in [3.8, 4) is 17.2 Å². The summed E-state index contributed by atoms with van der Waals surface area (Å²) in [5, 5.41) is 4.03. The van der Waals surface area contributed by atoms with Crippen LogP contribution in [0.5, 0.6) is 17.2 Å². The highest BCUT2D eigenvalue weighted by Gasteiger charge is 2.38. The van der Waals surface area contributed by atoms with Gasteiger partial charge in [-0.2, -0.15) is 0 Å². The molecule has 2 unspecified atom stereocenters. The molecule has 29 heavy (non-hydrogen) atoms. The van der Waals surface area contributed by atoms with Gasteiger partial charge in [0.1, 0.15) is 13.2 Å². The van der Waals surface area contributed by atoms with Crippen LogP contribution in [0.1, 0.15) is 63.9 Å². The Balaban J connectivity index is 1.40. The first-order valence-corrected chi connectivity index (χ1v) is 11.7. The van der Waals surface area contributed by atoms with Gasteiger partial charge < -0.3 is 19.5 Å². The SMILES string of the molecule is CCCCCCCC1N[C@@H](Cc2cc(OC)c3c(c2)OCCO3)CN2CCCC12. The summed E-state index contributed by atoms with van der Waals surface area (Å²) in [6, 6.07) is 6.14. The van der Waals surface area contributed by atoms with E-state index in [4.69, 9.17) is 14.2 Å². The molecule has 2 fully saturated rings. The van der Waals surface area contributed by atoms with Gasteiger partial charge in [-0.05, 0) is 49.9 Å². The predicted molar refractivity (Wildman–Crippen MR) is 116 cm³/mol. The summed E-state index contributed by atoms with van der Waals surface area (Å²) in [5.74, 6) is 2.37. The average Bonchev–Trinajstić information content (AvgIpc) is 3.21. The topological polar surface area (TPSA) is 43.0 Å². The fourth-order valence-electron chi connectivity index (χ4n) is 5.38. The Bertz CT molecular complexity index is 649. The Morgan fingerprint density at radius 1 is 1.14 bits per heavy atom. The monoisotopic (exact) mass is 402 g/mol. The van der Waals surface area contributed by atoms with Crippen LogP contribution < -0.4 is 19.5 Å². The predicted octanol–water partition coefficient (Wildman–Crippen LogP) is 4.17. The van der Waals surface area contributed by atoms with E-state index in [0.717, 1.165) is 36.3 Å². The Morgan fingerprint density at radius 3 is 2.86 bits per heavy atom.